The molecule has 0 spiro atoms. The lowest BCUT2D eigenvalue weighted by atomic mass is 9.80. The summed E-state index contributed by atoms with van der Waals surface area (Å²) in [5.41, 5.74) is 0. The lowest BCUT2D eigenvalue weighted by Crippen LogP contribution is -2.16. The molecule has 0 aromatic rings. The molecule has 0 unspecified atom stereocenters. The van der Waals surface area contributed by atoms with Crippen molar-refractivity contribution in [3.8, 4) is 0 Å². The summed E-state index contributed by atoms with van der Waals surface area (Å²) < 4.78 is 5.76. The number of hydrogen-bond donors (Lipinski definition) is 0. The zero-order valence-electron chi connectivity index (χ0n) is 11.1. The smallest absolute Gasteiger partial charge is 0.0918 e. The number of unbranched alkanes of at least 4 members (excludes halogenated alkanes) is 2. The van der Waals surface area contributed by atoms with E-state index < -0.39 is 0 Å². The Kier molecular flexibility index (Phi) is 6.59. The van der Waals surface area contributed by atoms with Crippen molar-refractivity contribution in [3.63, 3.8) is 0 Å². The first-order chi connectivity index (χ1) is 7.77. The summed E-state index contributed by atoms with van der Waals surface area (Å²) >= 11 is 0. The van der Waals surface area contributed by atoms with Gasteiger partial charge < -0.3 is 4.74 Å². The van der Waals surface area contributed by atoms with E-state index in [0.29, 0.717) is 5.92 Å². The molecule has 1 nitrogen and oxygen atoms in total. The molecular formula is C15H28O. The van der Waals surface area contributed by atoms with Gasteiger partial charge in [-0.1, -0.05) is 39.7 Å². The Morgan fingerprint density at radius 1 is 1.12 bits per heavy atom. The van der Waals surface area contributed by atoms with E-state index in [9.17, 15) is 0 Å². The Bertz CT molecular complexity index is 190. The van der Waals surface area contributed by atoms with Gasteiger partial charge in [-0.15, -0.1) is 0 Å². The Labute approximate surface area is 101 Å². The summed E-state index contributed by atoms with van der Waals surface area (Å²) in [6.07, 6.45) is 10.4. The second-order valence-corrected chi connectivity index (χ2v) is 5.15. The van der Waals surface area contributed by atoms with Crippen LogP contribution in [0.2, 0.25) is 0 Å². The van der Waals surface area contributed by atoms with Crippen LogP contribution in [0, 0.1) is 11.8 Å². The van der Waals surface area contributed by atoms with E-state index in [-0.39, 0.29) is 0 Å². The van der Waals surface area contributed by atoms with E-state index in [1.54, 1.807) is 0 Å². The molecular weight excluding hydrogens is 196 g/mol. The normalized spacial score (nSPS) is 25.4. The van der Waals surface area contributed by atoms with Gasteiger partial charge in [0, 0.05) is 5.92 Å². The third-order valence-electron chi connectivity index (χ3n) is 3.91. The Balaban J connectivity index is 2.13. The summed E-state index contributed by atoms with van der Waals surface area (Å²) in [5, 5.41) is 0. The minimum Gasteiger partial charge on any atom is -0.498 e. The third-order valence-corrected chi connectivity index (χ3v) is 3.91. The van der Waals surface area contributed by atoms with Crippen LogP contribution in [-0.2, 0) is 4.74 Å². The van der Waals surface area contributed by atoms with Crippen molar-refractivity contribution in [1.29, 1.82) is 0 Å². The first kappa shape index (κ1) is 13.6. The van der Waals surface area contributed by atoms with E-state index in [1.165, 1.54) is 51.4 Å². The highest BCUT2D eigenvalue weighted by Crippen LogP contribution is 2.34. The van der Waals surface area contributed by atoms with Crippen LogP contribution < -0.4 is 0 Å². The van der Waals surface area contributed by atoms with E-state index in [0.717, 1.165) is 18.3 Å². The van der Waals surface area contributed by atoms with Crippen molar-refractivity contribution in [3.05, 3.63) is 12.3 Å². The summed E-state index contributed by atoms with van der Waals surface area (Å²) in [6.45, 7) is 9.51. The molecule has 0 heterocycles. The second kappa shape index (κ2) is 7.76. The van der Waals surface area contributed by atoms with Gasteiger partial charge in [0.15, 0.2) is 0 Å². The molecule has 16 heavy (non-hydrogen) atoms. The molecule has 0 bridgehead atoms. The lowest BCUT2D eigenvalue weighted by Gasteiger charge is -2.28. The van der Waals surface area contributed by atoms with Crippen molar-refractivity contribution in [1.82, 2.24) is 0 Å². The van der Waals surface area contributed by atoms with E-state index >= 15 is 0 Å². The van der Waals surface area contributed by atoms with E-state index in [1.807, 2.05) is 0 Å². The minimum absolute atomic E-state index is 0.643. The van der Waals surface area contributed by atoms with Crippen LogP contribution in [0.15, 0.2) is 12.3 Å². The molecule has 0 N–H and O–H groups in total. The molecule has 0 aliphatic heterocycles. The summed E-state index contributed by atoms with van der Waals surface area (Å²) in [7, 11) is 0. The molecule has 1 fully saturated rings. The van der Waals surface area contributed by atoms with Crippen molar-refractivity contribution >= 4 is 0 Å². The summed E-state index contributed by atoms with van der Waals surface area (Å²) in [5.74, 6) is 2.67. The molecule has 0 atom stereocenters. The monoisotopic (exact) mass is 224 g/mol. The van der Waals surface area contributed by atoms with Gasteiger partial charge in [0.1, 0.15) is 0 Å². The highest BCUT2D eigenvalue weighted by Gasteiger charge is 2.22. The predicted octanol–water partition coefficient (Wildman–Crippen LogP) is 4.92. The molecule has 1 aliphatic carbocycles. The maximum atomic E-state index is 5.76. The third kappa shape index (κ3) is 4.59. The maximum Gasteiger partial charge on any atom is 0.0918 e. The molecule has 1 aliphatic rings. The molecule has 1 heteroatoms. The average Bonchev–Trinajstić information content (AvgIpc) is 2.34. The van der Waals surface area contributed by atoms with Gasteiger partial charge in [0.25, 0.3) is 0 Å². The van der Waals surface area contributed by atoms with Crippen LogP contribution in [0.4, 0.5) is 0 Å². The second-order valence-electron chi connectivity index (χ2n) is 5.15. The van der Waals surface area contributed by atoms with E-state index in [2.05, 4.69) is 20.4 Å². The number of rotatable bonds is 7. The van der Waals surface area contributed by atoms with Crippen LogP contribution in [0.25, 0.3) is 0 Å². The predicted molar refractivity (Wildman–Crippen MR) is 70.4 cm³/mol. The zero-order chi connectivity index (χ0) is 11.8. The fraction of sp³-hybridized carbons (Fsp3) is 0.867. The highest BCUT2D eigenvalue weighted by atomic mass is 16.5. The fourth-order valence-corrected chi connectivity index (χ4v) is 2.57. The molecule has 0 radical (unpaired) electrons. The first-order valence-electron chi connectivity index (χ1n) is 7.09. The van der Waals surface area contributed by atoms with Gasteiger partial charge >= 0.3 is 0 Å². The van der Waals surface area contributed by atoms with Gasteiger partial charge in [0.05, 0.1) is 12.4 Å². The van der Waals surface area contributed by atoms with Crippen molar-refractivity contribution < 1.29 is 4.74 Å². The standard InChI is InChI=1S/C15H28O/c1-4-6-7-12-16-13(3)15-10-8-14(5-2)9-11-15/h14-15H,3-12H2,1-2H3. The highest BCUT2D eigenvalue weighted by molar-refractivity contribution is 4.93. The van der Waals surface area contributed by atoms with Gasteiger partial charge in [-0.3, -0.25) is 0 Å². The first-order valence-corrected chi connectivity index (χ1v) is 7.09. The van der Waals surface area contributed by atoms with Crippen molar-refractivity contribution in [2.45, 2.75) is 65.2 Å². The Morgan fingerprint density at radius 2 is 1.81 bits per heavy atom. The molecule has 0 aromatic heterocycles. The van der Waals surface area contributed by atoms with Gasteiger partial charge in [0.2, 0.25) is 0 Å². The number of hydrogen-bond acceptors (Lipinski definition) is 1. The van der Waals surface area contributed by atoms with Crippen molar-refractivity contribution in [2.24, 2.45) is 11.8 Å². The average molecular weight is 224 g/mol. The van der Waals surface area contributed by atoms with Crippen molar-refractivity contribution in [2.75, 3.05) is 6.61 Å². The van der Waals surface area contributed by atoms with Crippen LogP contribution >= 0.6 is 0 Å². The molecule has 1 rings (SSSR count). The zero-order valence-corrected chi connectivity index (χ0v) is 11.1. The van der Waals surface area contributed by atoms with Crippen LogP contribution in [-0.4, -0.2) is 6.61 Å². The Morgan fingerprint density at radius 3 is 2.38 bits per heavy atom. The fourth-order valence-electron chi connectivity index (χ4n) is 2.57. The Hall–Kier alpha value is -0.460. The summed E-state index contributed by atoms with van der Waals surface area (Å²) in [6, 6.07) is 0. The topological polar surface area (TPSA) is 9.23 Å². The van der Waals surface area contributed by atoms with Crippen LogP contribution in [0.5, 0.6) is 0 Å². The molecule has 0 saturated heterocycles. The van der Waals surface area contributed by atoms with Crippen LogP contribution in [0.3, 0.4) is 0 Å². The lowest BCUT2D eigenvalue weighted by molar-refractivity contribution is 0.147. The van der Waals surface area contributed by atoms with E-state index in [4.69, 9.17) is 4.74 Å². The summed E-state index contributed by atoms with van der Waals surface area (Å²) in [4.78, 5) is 0. The van der Waals surface area contributed by atoms with Crippen LogP contribution in [0.1, 0.15) is 65.2 Å². The quantitative estimate of drug-likeness (QED) is 0.440. The number of ether oxygens (including phenoxy) is 1. The maximum absolute atomic E-state index is 5.76. The number of allylic oxidation sites excluding steroid dienone is 1. The van der Waals surface area contributed by atoms with Gasteiger partial charge in [-0.2, -0.15) is 0 Å². The van der Waals surface area contributed by atoms with Gasteiger partial charge in [-0.05, 0) is 38.0 Å². The molecule has 0 aromatic carbocycles. The molecule has 1 saturated carbocycles. The molecule has 94 valence electrons. The SMILES string of the molecule is C=C(OCCCCC)C1CCC(CC)CC1. The van der Waals surface area contributed by atoms with Gasteiger partial charge in [-0.25, -0.2) is 0 Å². The minimum atomic E-state index is 0.643. The molecule has 0 amide bonds. The largest absolute Gasteiger partial charge is 0.498 e.